The quantitative estimate of drug-likeness (QED) is 0.807. The summed E-state index contributed by atoms with van der Waals surface area (Å²) in [4.78, 5) is 26.2. The Morgan fingerprint density at radius 1 is 1.14 bits per heavy atom. The van der Waals surface area contributed by atoms with Crippen molar-refractivity contribution in [3.8, 4) is 0 Å². The van der Waals surface area contributed by atoms with Gasteiger partial charge in [-0.05, 0) is 42.2 Å². The maximum Gasteiger partial charge on any atom is 0.251 e. The maximum atomic E-state index is 12.5. The van der Waals surface area contributed by atoms with E-state index in [1.54, 1.807) is 19.1 Å². The molecule has 1 saturated heterocycles. The summed E-state index contributed by atoms with van der Waals surface area (Å²) >= 11 is 0. The van der Waals surface area contributed by atoms with Crippen LogP contribution in [-0.2, 0) is 27.7 Å². The highest BCUT2D eigenvalue weighted by Crippen LogP contribution is 2.18. The lowest BCUT2D eigenvalue weighted by Gasteiger charge is -2.16. The van der Waals surface area contributed by atoms with Gasteiger partial charge in [-0.25, -0.2) is 8.42 Å². The Balaban J connectivity index is 1.66. The molecule has 7 heteroatoms. The summed E-state index contributed by atoms with van der Waals surface area (Å²) in [6.07, 6.45) is 2.65. The molecule has 0 spiro atoms. The molecular weight excluding hydrogens is 376 g/mol. The molecule has 6 nitrogen and oxygen atoms in total. The molecule has 0 atom stereocenters. The number of carbonyl (C=O) groups excluding carboxylic acids is 2. The van der Waals surface area contributed by atoms with Crippen LogP contribution in [0.1, 0.15) is 39.9 Å². The molecular formula is C21H24N2O4S. The normalized spacial score (nSPS) is 14.4. The van der Waals surface area contributed by atoms with Gasteiger partial charge in [-0.15, -0.1) is 0 Å². The van der Waals surface area contributed by atoms with Crippen LogP contribution in [-0.4, -0.2) is 37.9 Å². The Labute approximate surface area is 165 Å². The molecule has 1 fully saturated rings. The predicted molar refractivity (Wildman–Crippen MR) is 107 cm³/mol. The van der Waals surface area contributed by atoms with Gasteiger partial charge in [0.2, 0.25) is 5.91 Å². The van der Waals surface area contributed by atoms with E-state index >= 15 is 0 Å². The van der Waals surface area contributed by atoms with Crippen molar-refractivity contribution in [3.05, 3.63) is 64.7 Å². The van der Waals surface area contributed by atoms with Gasteiger partial charge >= 0.3 is 0 Å². The van der Waals surface area contributed by atoms with Crippen LogP contribution in [0.2, 0.25) is 0 Å². The van der Waals surface area contributed by atoms with Gasteiger partial charge < -0.3 is 10.2 Å². The van der Waals surface area contributed by atoms with Crippen LogP contribution in [0.4, 0.5) is 0 Å². The van der Waals surface area contributed by atoms with Gasteiger partial charge in [-0.2, -0.15) is 0 Å². The fraction of sp³-hybridized carbons (Fsp3) is 0.333. The third-order valence-corrected chi connectivity index (χ3v) is 6.08. The van der Waals surface area contributed by atoms with Crippen molar-refractivity contribution >= 4 is 21.7 Å². The zero-order valence-electron chi connectivity index (χ0n) is 16.1. The number of nitrogens with one attached hydrogen (secondary N) is 1. The second-order valence-electron chi connectivity index (χ2n) is 7.17. The molecule has 0 aromatic heterocycles. The van der Waals surface area contributed by atoms with Gasteiger partial charge in [0.1, 0.15) is 0 Å². The van der Waals surface area contributed by atoms with E-state index in [-0.39, 0.29) is 16.7 Å². The smallest absolute Gasteiger partial charge is 0.251 e. The van der Waals surface area contributed by atoms with Crippen LogP contribution < -0.4 is 5.32 Å². The van der Waals surface area contributed by atoms with Crippen LogP contribution in [0.5, 0.6) is 0 Å². The number of hydrogen-bond donors (Lipinski definition) is 1. The monoisotopic (exact) mass is 400 g/mol. The Hall–Kier alpha value is -2.67. The number of amides is 2. The van der Waals surface area contributed by atoms with Gasteiger partial charge in [0.15, 0.2) is 9.84 Å². The lowest BCUT2D eigenvalue weighted by atomic mass is 10.1. The Bertz CT molecular complexity index is 1010. The predicted octanol–water partition coefficient (Wildman–Crippen LogP) is 2.45. The molecule has 0 bridgehead atoms. The SMILES string of the molecule is Cc1ccc(C(=O)NCc2cccc(CN3CCCC3=O)c2)cc1S(C)(=O)=O. The van der Waals surface area contributed by atoms with Crippen molar-refractivity contribution in [2.75, 3.05) is 12.8 Å². The number of rotatable bonds is 6. The summed E-state index contributed by atoms with van der Waals surface area (Å²) in [6, 6.07) is 12.4. The lowest BCUT2D eigenvalue weighted by molar-refractivity contribution is -0.128. The van der Waals surface area contributed by atoms with E-state index in [0.29, 0.717) is 30.6 Å². The highest BCUT2D eigenvalue weighted by atomic mass is 32.2. The van der Waals surface area contributed by atoms with E-state index in [1.165, 1.54) is 6.07 Å². The van der Waals surface area contributed by atoms with Gasteiger partial charge in [-0.1, -0.05) is 30.3 Å². The van der Waals surface area contributed by atoms with Crippen LogP contribution in [0.25, 0.3) is 0 Å². The number of carbonyl (C=O) groups is 2. The van der Waals surface area contributed by atoms with E-state index in [2.05, 4.69) is 5.32 Å². The number of benzene rings is 2. The fourth-order valence-corrected chi connectivity index (χ4v) is 4.35. The Morgan fingerprint density at radius 3 is 2.57 bits per heavy atom. The standard InChI is InChI=1S/C21H24N2O4S/c1-15-8-9-18(12-19(15)28(2,26)27)21(25)22-13-16-5-3-6-17(11-16)14-23-10-4-7-20(23)24/h3,5-6,8-9,11-12H,4,7,10,13-14H2,1-2H3,(H,22,25). The molecule has 0 aliphatic carbocycles. The average molecular weight is 401 g/mol. The highest BCUT2D eigenvalue weighted by molar-refractivity contribution is 7.90. The summed E-state index contributed by atoms with van der Waals surface area (Å²) in [5.41, 5.74) is 2.87. The first-order valence-corrected chi connectivity index (χ1v) is 11.1. The minimum Gasteiger partial charge on any atom is -0.348 e. The Morgan fingerprint density at radius 2 is 1.89 bits per heavy atom. The molecule has 1 N–H and O–H groups in total. The van der Waals surface area contributed by atoms with Gasteiger partial charge in [-0.3, -0.25) is 9.59 Å². The molecule has 28 heavy (non-hydrogen) atoms. The van der Waals surface area contributed by atoms with E-state index < -0.39 is 9.84 Å². The summed E-state index contributed by atoms with van der Waals surface area (Å²) in [5, 5.41) is 2.83. The van der Waals surface area contributed by atoms with Gasteiger partial charge in [0.25, 0.3) is 5.91 Å². The first kappa shape index (κ1) is 20.1. The topological polar surface area (TPSA) is 83.6 Å². The van der Waals surface area contributed by atoms with Gasteiger partial charge in [0, 0.05) is 37.9 Å². The molecule has 1 aliphatic heterocycles. The molecule has 0 radical (unpaired) electrons. The van der Waals surface area contributed by atoms with Crippen molar-refractivity contribution in [1.82, 2.24) is 10.2 Å². The first-order valence-electron chi connectivity index (χ1n) is 9.18. The van der Waals surface area contributed by atoms with Crippen molar-refractivity contribution in [2.45, 2.75) is 37.8 Å². The number of sulfone groups is 1. The average Bonchev–Trinajstić information content (AvgIpc) is 3.04. The number of likely N-dealkylation sites (tertiary alicyclic amines) is 1. The highest BCUT2D eigenvalue weighted by Gasteiger charge is 2.20. The second kappa shape index (κ2) is 8.14. The zero-order chi connectivity index (χ0) is 20.3. The fourth-order valence-electron chi connectivity index (χ4n) is 3.35. The lowest BCUT2D eigenvalue weighted by Crippen LogP contribution is -2.24. The van der Waals surface area contributed by atoms with Crippen LogP contribution in [0, 0.1) is 6.92 Å². The van der Waals surface area contributed by atoms with E-state index in [4.69, 9.17) is 0 Å². The largest absolute Gasteiger partial charge is 0.348 e. The Kier molecular flexibility index (Phi) is 5.84. The van der Waals surface area contributed by atoms with E-state index in [0.717, 1.165) is 30.3 Å². The molecule has 0 unspecified atom stereocenters. The molecule has 1 aliphatic rings. The molecule has 3 rings (SSSR count). The summed E-state index contributed by atoms with van der Waals surface area (Å²) in [6.45, 7) is 3.39. The summed E-state index contributed by atoms with van der Waals surface area (Å²) < 4.78 is 23.7. The third-order valence-electron chi connectivity index (χ3n) is 4.84. The summed E-state index contributed by atoms with van der Waals surface area (Å²) in [5.74, 6) is -0.148. The van der Waals surface area contributed by atoms with Crippen molar-refractivity contribution in [1.29, 1.82) is 0 Å². The van der Waals surface area contributed by atoms with Crippen LogP contribution in [0.15, 0.2) is 47.4 Å². The first-order chi connectivity index (χ1) is 13.2. The molecule has 0 saturated carbocycles. The number of nitrogens with zero attached hydrogens (tertiary/aromatic N) is 1. The van der Waals surface area contributed by atoms with Crippen LogP contribution in [0.3, 0.4) is 0 Å². The van der Waals surface area contributed by atoms with E-state index in [9.17, 15) is 18.0 Å². The second-order valence-corrected chi connectivity index (χ2v) is 9.16. The molecule has 1 heterocycles. The number of hydrogen-bond acceptors (Lipinski definition) is 4. The zero-order valence-corrected chi connectivity index (χ0v) is 16.9. The van der Waals surface area contributed by atoms with Gasteiger partial charge in [0.05, 0.1) is 4.90 Å². The maximum absolute atomic E-state index is 12.5. The third kappa shape index (κ3) is 4.78. The van der Waals surface area contributed by atoms with E-state index in [1.807, 2.05) is 29.2 Å². The molecule has 2 aromatic rings. The van der Waals surface area contributed by atoms with Crippen molar-refractivity contribution < 1.29 is 18.0 Å². The van der Waals surface area contributed by atoms with Crippen LogP contribution >= 0.6 is 0 Å². The molecule has 148 valence electrons. The van der Waals surface area contributed by atoms with Crippen molar-refractivity contribution in [3.63, 3.8) is 0 Å². The summed E-state index contributed by atoms with van der Waals surface area (Å²) in [7, 11) is -3.39. The minimum absolute atomic E-state index is 0.164. The van der Waals surface area contributed by atoms with Crippen molar-refractivity contribution in [2.24, 2.45) is 0 Å². The molecule has 2 aromatic carbocycles. The number of aryl methyl sites for hydroxylation is 1. The molecule has 2 amide bonds. The minimum atomic E-state index is -3.39.